The molecule has 3 unspecified atom stereocenters. The number of piperidine rings is 2. The van der Waals surface area contributed by atoms with E-state index in [9.17, 15) is 14.4 Å². The summed E-state index contributed by atoms with van der Waals surface area (Å²) in [5.74, 6) is -0.184. The summed E-state index contributed by atoms with van der Waals surface area (Å²) in [5.41, 5.74) is 8.86. The Morgan fingerprint density at radius 1 is 1.21 bits per heavy atom. The van der Waals surface area contributed by atoms with E-state index in [0.717, 1.165) is 30.6 Å². The molecule has 3 atom stereocenters. The Kier molecular flexibility index (Phi) is 5.21. The summed E-state index contributed by atoms with van der Waals surface area (Å²) in [7, 11) is 0. The van der Waals surface area contributed by atoms with E-state index in [2.05, 4.69) is 23.2 Å². The van der Waals surface area contributed by atoms with Crippen LogP contribution in [0.5, 0.6) is 0 Å². The van der Waals surface area contributed by atoms with Crippen molar-refractivity contribution >= 4 is 17.7 Å². The average molecular weight is 384 g/mol. The van der Waals surface area contributed by atoms with E-state index in [-0.39, 0.29) is 24.1 Å². The van der Waals surface area contributed by atoms with Crippen LogP contribution in [-0.4, -0.2) is 52.7 Å². The molecule has 0 saturated carbocycles. The number of nitrogens with two attached hydrogens (primary N) is 1. The normalized spacial score (nSPS) is 28.4. The highest BCUT2D eigenvalue weighted by atomic mass is 16.2. The Morgan fingerprint density at radius 3 is 2.79 bits per heavy atom. The van der Waals surface area contributed by atoms with Crippen molar-refractivity contribution in [3.63, 3.8) is 0 Å². The van der Waals surface area contributed by atoms with Crippen molar-refractivity contribution in [3.8, 4) is 0 Å². The van der Waals surface area contributed by atoms with Gasteiger partial charge in [-0.15, -0.1) is 0 Å². The minimum absolute atomic E-state index is 0.117. The minimum atomic E-state index is -0.572. The summed E-state index contributed by atoms with van der Waals surface area (Å²) in [6.45, 7) is 5.10. The summed E-state index contributed by atoms with van der Waals surface area (Å²) < 4.78 is 0. The summed E-state index contributed by atoms with van der Waals surface area (Å²) in [4.78, 5) is 40.7. The maximum atomic E-state index is 13.0. The van der Waals surface area contributed by atoms with Crippen molar-refractivity contribution in [1.29, 1.82) is 0 Å². The molecule has 0 bridgehead atoms. The van der Waals surface area contributed by atoms with Gasteiger partial charge in [-0.1, -0.05) is 19.1 Å². The van der Waals surface area contributed by atoms with Crippen molar-refractivity contribution < 1.29 is 14.4 Å². The first-order chi connectivity index (χ1) is 13.5. The van der Waals surface area contributed by atoms with Crippen LogP contribution in [0.4, 0.5) is 0 Å². The van der Waals surface area contributed by atoms with Gasteiger partial charge < -0.3 is 10.6 Å². The average Bonchev–Trinajstić information content (AvgIpc) is 3.00. The fourth-order valence-electron chi connectivity index (χ4n) is 4.93. The highest BCUT2D eigenvalue weighted by Crippen LogP contribution is 2.32. The molecule has 28 heavy (non-hydrogen) atoms. The first-order valence-electron chi connectivity index (χ1n) is 10.2. The fraction of sp³-hybridized carbons (Fsp3) is 0.571. The molecule has 3 heterocycles. The van der Waals surface area contributed by atoms with Crippen molar-refractivity contribution in [1.82, 2.24) is 15.1 Å². The molecule has 3 aliphatic heterocycles. The molecule has 0 aliphatic carbocycles. The van der Waals surface area contributed by atoms with Crippen molar-refractivity contribution in [2.75, 3.05) is 13.1 Å². The van der Waals surface area contributed by atoms with E-state index in [1.807, 2.05) is 12.1 Å². The first kappa shape index (κ1) is 19.1. The lowest BCUT2D eigenvalue weighted by Gasteiger charge is -2.39. The topological polar surface area (TPSA) is 95.7 Å². The van der Waals surface area contributed by atoms with Crippen LogP contribution in [0.25, 0.3) is 0 Å². The van der Waals surface area contributed by atoms with Gasteiger partial charge in [-0.2, -0.15) is 0 Å². The summed E-state index contributed by atoms with van der Waals surface area (Å²) >= 11 is 0. The van der Waals surface area contributed by atoms with Gasteiger partial charge in [0.25, 0.3) is 5.91 Å². The van der Waals surface area contributed by atoms with Crippen LogP contribution < -0.4 is 11.1 Å². The molecule has 7 nitrogen and oxygen atoms in total. The molecule has 1 aromatic rings. The Bertz CT molecular complexity index is 809. The SMILES string of the molecule is CC1CCCN(Cc2cccc3c2CN(C2CCC(=O)NC2=O)C3=O)C1CN. The molecular weight excluding hydrogens is 356 g/mol. The van der Waals surface area contributed by atoms with Gasteiger partial charge in [0, 0.05) is 37.7 Å². The molecule has 3 N–H and O–H groups in total. The van der Waals surface area contributed by atoms with E-state index in [1.54, 1.807) is 4.90 Å². The lowest BCUT2D eigenvalue weighted by atomic mass is 9.90. The quantitative estimate of drug-likeness (QED) is 0.756. The molecule has 1 aromatic carbocycles. The number of amides is 3. The van der Waals surface area contributed by atoms with Crippen molar-refractivity contribution in [2.24, 2.45) is 11.7 Å². The molecule has 7 heteroatoms. The summed E-state index contributed by atoms with van der Waals surface area (Å²) in [6.07, 6.45) is 3.02. The zero-order valence-electron chi connectivity index (χ0n) is 16.3. The number of rotatable bonds is 4. The Labute approximate surface area is 165 Å². The predicted molar refractivity (Wildman–Crippen MR) is 104 cm³/mol. The molecule has 3 aliphatic rings. The molecule has 150 valence electrons. The van der Waals surface area contributed by atoms with Crippen LogP contribution in [0.1, 0.15) is 54.1 Å². The van der Waals surface area contributed by atoms with Gasteiger partial charge >= 0.3 is 0 Å². The lowest BCUT2D eigenvalue weighted by Crippen LogP contribution is -2.52. The van der Waals surface area contributed by atoms with E-state index in [0.29, 0.717) is 37.0 Å². The Hall–Kier alpha value is -2.25. The zero-order valence-corrected chi connectivity index (χ0v) is 16.3. The van der Waals surface area contributed by atoms with Gasteiger partial charge in [-0.25, -0.2) is 0 Å². The lowest BCUT2D eigenvalue weighted by molar-refractivity contribution is -0.136. The number of fused-ring (bicyclic) bond motifs is 1. The second kappa shape index (κ2) is 7.64. The second-order valence-electron chi connectivity index (χ2n) is 8.24. The number of likely N-dealkylation sites (tertiary alicyclic amines) is 1. The van der Waals surface area contributed by atoms with E-state index >= 15 is 0 Å². The maximum absolute atomic E-state index is 13.0. The van der Waals surface area contributed by atoms with E-state index in [1.165, 1.54) is 6.42 Å². The summed E-state index contributed by atoms with van der Waals surface area (Å²) in [6, 6.07) is 5.62. The van der Waals surface area contributed by atoms with Gasteiger partial charge in [-0.05, 0) is 48.9 Å². The Morgan fingerprint density at radius 2 is 2.04 bits per heavy atom. The van der Waals surface area contributed by atoms with Gasteiger partial charge in [0.2, 0.25) is 11.8 Å². The van der Waals surface area contributed by atoms with Gasteiger partial charge in [0.05, 0.1) is 0 Å². The minimum Gasteiger partial charge on any atom is -0.329 e. The predicted octanol–water partition coefficient (Wildman–Crippen LogP) is 1.01. The van der Waals surface area contributed by atoms with Crippen LogP contribution in [0, 0.1) is 5.92 Å². The molecule has 2 saturated heterocycles. The van der Waals surface area contributed by atoms with Crippen LogP contribution >= 0.6 is 0 Å². The Balaban J connectivity index is 1.56. The van der Waals surface area contributed by atoms with Gasteiger partial charge in [0.1, 0.15) is 6.04 Å². The third kappa shape index (κ3) is 3.33. The van der Waals surface area contributed by atoms with Crippen LogP contribution in [0.15, 0.2) is 18.2 Å². The number of carbonyl (C=O) groups is 3. The van der Waals surface area contributed by atoms with E-state index < -0.39 is 6.04 Å². The van der Waals surface area contributed by atoms with E-state index in [4.69, 9.17) is 5.73 Å². The smallest absolute Gasteiger partial charge is 0.255 e. The highest BCUT2D eigenvalue weighted by Gasteiger charge is 2.40. The summed E-state index contributed by atoms with van der Waals surface area (Å²) in [5, 5.41) is 2.36. The number of hydrogen-bond acceptors (Lipinski definition) is 5. The monoisotopic (exact) mass is 384 g/mol. The number of benzene rings is 1. The molecule has 0 spiro atoms. The number of imide groups is 1. The first-order valence-corrected chi connectivity index (χ1v) is 10.2. The number of nitrogens with one attached hydrogen (secondary N) is 1. The third-order valence-electron chi connectivity index (χ3n) is 6.52. The molecule has 2 fully saturated rings. The fourth-order valence-corrected chi connectivity index (χ4v) is 4.93. The van der Waals surface area contributed by atoms with Crippen molar-refractivity contribution in [2.45, 2.75) is 57.8 Å². The number of hydrogen-bond donors (Lipinski definition) is 2. The van der Waals surface area contributed by atoms with Crippen LogP contribution in [0.3, 0.4) is 0 Å². The highest BCUT2D eigenvalue weighted by molar-refractivity contribution is 6.05. The largest absolute Gasteiger partial charge is 0.329 e. The van der Waals surface area contributed by atoms with Gasteiger partial charge in [-0.3, -0.25) is 24.6 Å². The zero-order chi connectivity index (χ0) is 19.8. The van der Waals surface area contributed by atoms with Gasteiger partial charge in [0.15, 0.2) is 0 Å². The van der Waals surface area contributed by atoms with Crippen LogP contribution in [0.2, 0.25) is 0 Å². The second-order valence-corrected chi connectivity index (χ2v) is 8.24. The molecule has 0 aromatic heterocycles. The number of nitrogens with zero attached hydrogens (tertiary/aromatic N) is 2. The number of carbonyl (C=O) groups excluding carboxylic acids is 3. The molecule has 3 amide bonds. The standard InChI is InChI=1S/C21H28N4O3/c1-13-4-3-9-24(18(13)10-22)11-14-5-2-6-15-16(14)12-25(21(15)28)17-7-8-19(26)23-20(17)27/h2,5-6,13,17-18H,3-4,7-12,22H2,1H3,(H,23,26,27). The molecule has 4 rings (SSSR count). The maximum Gasteiger partial charge on any atom is 0.255 e. The molecular formula is C21H28N4O3. The van der Waals surface area contributed by atoms with Crippen LogP contribution in [-0.2, 0) is 22.7 Å². The molecule has 0 radical (unpaired) electrons. The third-order valence-corrected chi connectivity index (χ3v) is 6.52. The van der Waals surface area contributed by atoms with Crippen molar-refractivity contribution in [3.05, 3.63) is 34.9 Å².